The lowest BCUT2D eigenvalue weighted by molar-refractivity contribution is -0.136. The summed E-state index contributed by atoms with van der Waals surface area (Å²) in [5, 5.41) is 7.65. The first-order valence-electron chi connectivity index (χ1n) is 8.08. The van der Waals surface area contributed by atoms with Crippen LogP contribution in [0, 0.1) is 0 Å². The lowest BCUT2D eigenvalue weighted by Crippen LogP contribution is -2.42. The molecule has 1 aromatic rings. The Morgan fingerprint density at radius 3 is 2.52 bits per heavy atom. The van der Waals surface area contributed by atoms with Crippen molar-refractivity contribution in [3.05, 3.63) is 35.9 Å². The van der Waals surface area contributed by atoms with Gasteiger partial charge in [0.05, 0.1) is 0 Å². The number of hydrogen-bond donors (Lipinski definition) is 1. The molecule has 2 aliphatic rings. The Morgan fingerprint density at radius 2 is 1.88 bits per heavy atom. The first-order valence-corrected chi connectivity index (χ1v) is 9.59. The number of carbonyl (C=O) groups excluding carboxylic acids is 1. The zero-order valence-corrected chi connectivity index (χ0v) is 14.4. The van der Waals surface area contributed by atoms with Gasteiger partial charge in [-0.1, -0.05) is 30.3 Å². The van der Waals surface area contributed by atoms with Gasteiger partial charge in [0.1, 0.15) is 6.61 Å². The Morgan fingerprint density at radius 1 is 1.16 bits per heavy atom. The van der Waals surface area contributed by atoms with Crippen molar-refractivity contribution in [1.82, 2.24) is 9.21 Å². The zero-order chi connectivity index (χ0) is 18.0. The van der Waals surface area contributed by atoms with Gasteiger partial charge in [-0.15, -0.1) is 0 Å². The third kappa shape index (κ3) is 3.62. The molecule has 2 atom stereocenters. The average Bonchev–Trinajstić information content (AvgIpc) is 3.17. The number of carboxylic acid groups (broad SMARTS) is 1. The van der Waals surface area contributed by atoms with Crippen LogP contribution in [0.15, 0.2) is 30.3 Å². The van der Waals surface area contributed by atoms with Gasteiger partial charge in [0.25, 0.3) is 0 Å². The molecule has 2 unspecified atom stereocenters. The van der Waals surface area contributed by atoms with E-state index in [2.05, 4.69) is 0 Å². The molecule has 2 saturated heterocycles. The summed E-state index contributed by atoms with van der Waals surface area (Å²) in [6.45, 7) is 0.946. The van der Waals surface area contributed by atoms with Gasteiger partial charge in [-0.25, -0.2) is 13.2 Å². The van der Waals surface area contributed by atoms with Gasteiger partial charge in [0.2, 0.25) is 10.0 Å². The molecule has 0 bridgehead atoms. The highest BCUT2D eigenvalue weighted by atomic mass is 32.2. The van der Waals surface area contributed by atoms with Gasteiger partial charge < -0.3 is 14.7 Å². The lowest BCUT2D eigenvalue weighted by atomic mass is 10.2. The topological polar surface area (TPSA) is 104 Å². The summed E-state index contributed by atoms with van der Waals surface area (Å²) in [6, 6.07) is 8.89. The molecule has 25 heavy (non-hydrogen) atoms. The van der Waals surface area contributed by atoms with E-state index in [-0.39, 0.29) is 26.1 Å². The van der Waals surface area contributed by atoms with Gasteiger partial charge in [0, 0.05) is 25.7 Å². The maximum Gasteiger partial charge on any atom is 0.410 e. The van der Waals surface area contributed by atoms with Crippen LogP contribution in [0.25, 0.3) is 0 Å². The van der Waals surface area contributed by atoms with Gasteiger partial charge in [-0.2, -0.15) is 4.31 Å². The van der Waals surface area contributed by atoms with Crippen molar-refractivity contribution in [1.29, 1.82) is 0 Å². The van der Waals surface area contributed by atoms with Crippen LogP contribution >= 0.6 is 0 Å². The summed E-state index contributed by atoms with van der Waals surface area (Å²) in [5.74, 6) is -1.32. The SMILES string of the molecule is O=C(O)C1CCN(C2CCN(C(=O)OCc3ccccc3)C2)S1(=O)=O. The molecule has 0 spiro atoms. The van der Waals surface area contributed by atoms with Crippen LogP contribution in [0.5, 0.6) is 0 Å². The number of benzene rings is 1. The Balaban J connectivity index is 1.57. The number of ether oxygens (including phenoxy) is 1. The molecule has 0 saturated carbocycles. The van der Waals surface area contributed by atoms with Crippen molar-refractivity contribution in [3.63, 3.8) is 0 Å². The number of carboxylic acids is 1. The Labute approximate surface area is 146 Å². The smallest absolute Gasteiger partial charge is 0.410 e. The standard InChI is InChI=1S/C16H20N2O6S/c19-15(20)14-7-9-18(25(14,22)23)13-6-8-17(10-13)16(21)24-11-12-4-2-1-3-5-12/h1-5,13-14H,6-11H2,(H,19,20). The number of amides is 1. The number of likely N-dealkylation sites (tertiary alicyclic amines) is 1. The monoisotopic (exact) mass is 368 g/mol. The fourth-order valence-electron chi connectivity index (χ4n) is 3.28. The zero-order valence-electron chi connectivity index (χ0n) is 13.6. The molecule has 2 aliphatic heterocycles. The lowest BCUT2D eigenvalue weighted by Gasteiger charge is -2.23. The van der Waals surface area contributed by atoms with Crippen LogP contribution in [0.2, 0.25) is 0 Å². The van der Waals surface area contributed by atoms with E-state index < -0.39 is 33.4 Å². The van der Waals surface area contributed by atoms with E-state index in [4.69, 9.17) is 9.84 Å². The van der Waals surface area contributed by atoms with E-state index in [1.165, 1.54) is 9.21 Å². The average molecular weight is 368 g/mol. The molecule has 2 heterocycles. The summed E-state index contributed by atoms with van der Waals surface area (Å²) < 4.78 is 31.1. The minimum atomic E-state index is -3.86. The van der Waals surface area contributed by atoms with Gasteiger partial charge in [-0.05, 0) is 18.4 Å². The number of sulfonamides is 1. The second-order valence-electron chi connectivity index (χ2n) is 6.20. The van der Waals surface area contributed by atoms with Crippen LogP contribution in [0.1, 0.15) is 18.4 Å². The minimum absolute atomic E-state index is 0.0760. The van der Waals surface area contributed by atoms with Crippen LogP contribution < -0.4 is 0 Å². The molecule has 0 aromatic heterocycles. The third-order valence-electron chi connectivity index (χ3n) is 4.61. The molecule has 9 heteroatoms. The van der Waals surface area contributed by atoms with Crippen LogP contribution in [-0.4, -0.2) is 65.7 Å². The molecule has 8 nitrogen and oxygen atoms in total. The second-order valence-corrected chi connectivity index (χ2v) is 8.27. The highest BCUT2D eigenvalue weighted by Crippen LogP contribution is 2.28. The van der Waals surface area contributed by atoms with E-state index in [1.807, 2.05) is 30.3 Å². The number of carbonyl (C=O) groups is 2. The summed E-state index contributed by atoms with van der Waals surface area (Å²) in [6.07, 6.45) is 0.0660. The highest BCUT2D eigenvalue weighted by Gasteiger charge is 2.48. The van der Waals surface area contributed by atoms with Crippen molar-refractivity contribution < 1.29 is 27.9 Å². The highest BCUT2D eigenvalue weighted by molar-refractivity contribution is 7.90. The molecule has 136 valence electrons. The normalized spacial score (nSPS) is 25.8. The quantitative estimate of drug-likeness (QED) is 0.846. The van der Waals surface area contributed by atoms with E-state index >= 15 is 0 Å². The Hall–Kier alpha value is -2.13. The minimum Gasteiger partial charge on any atom is -0.480 e. The predicted molar refractivity (Wildman–Crippen MR) is 88.3 cm³/mol. The second kappa shape index (κ2) is 7.01. The molecule has 0 aliphatic carbocycles. The number of aliphatic carboxylic acids is 1. The van der Waals surface area contributed by atoms with Crippen molar-refractivity contribution in [2.45, 2.75) is 30.7 Å². The van der Waals surface area contributed by atoms with Gasteiger partial charge in [-0.3, -0.25) is 4.79 Å². The van der Waals surface area contributed by atoms with Crippen LogP contribution in [0.4, 0.5) is 4.79 Å². The molecule has 1 N–H and O–H groups in total. The third-order valence-corrected chi connectivity index (χ3v) is 6.90. The molecular weight excluding hydrogens is 348 g/mol. The van der Waals surface area contributed by atoms with E-state index in [0.29, 0.717) is 13.0 Å². The van der Waals surface area contributed by atoms with Crippen molar-refractivity contribution in [2.24, 2.45) is 0 Å². The number of nitrogens with zero attached hydrogens (tertiary/aromatic N) is 2. The molecule has 0 radical (unpaired) electrons. The summed E-state index contributed by atoms with van der Waals surface area (Å²) in [4.78, 5) is 24.7. The summed E-state index contributed by atoms with van der Waals surface area (Å²) in [5.41, 5.74) is 0.873. The van der Waals surface area contributed by atoms with Gasteiger partial charge in [0.15, 0.2) is 5.25 Å². The number of rotatable bonds is 4. The maximum absolute atomic E-state index is 12.3. The molecule has 2 fully saturated rings. The molecule has 1 amide bonds. The van der Waals surface area contributed by atoms with E-state index in [0.717, 1.165) is 5.56 Å². The summed E-state index contributed by atoms with van der Waals surface area (Å²) >= 11 is 0. The molecule has 3 rings (SSSR count). The van der Waals surface area contributed by atoms with Crippen LogP contribution in [0.3, 0.4) is 0 Å². The van der Waals surface area contributed by atoms with Crippen molar-refractivity contribution >= 4 is 22.1 Å². The fraction of sp³-hybridized carbons (Fsp3) is 0.500. The maximum atomic E-state index is 12.3. The Bertz CT molecular complexity index is 751. The largest absolute Gasteiger partial charge is 0.480 e. The summed E-state index contributed by atoms with van der Waals surface area (Å²) in [7, 11) is -3.86. The van der Waals surface area contributed by atoms with Crippen molar-refractivity contribution in [3.8, 4) is 0 Å². The predicted octanol–water partition coefficient (Wildman–Crippen LogP) is 0.886. The van der Waals surface area contributed by atoms with Gasteiger partial charge >= 0.3 is 12.1 Å². The van der Waals surface area contributed by atoms with E-state index in [1.54, 1.807) is 0 Å². The Kier molecular flexibility index (Phi) is 4.96. The van der Waals surface area contributed by atoms with E-state index in [9.17, 15) is 18.0 Å². The first kappa shape index (κ1) is 17.7. The number of hydrogen-bond acceptors (Lipinski definition) is 5. The molecule has 1 aromatic carbocycles. The first-order chi connectivity index (χ1) is 11.9. The van der Waals surface area contributed by atoms with Crippen LogP contribution in [-0.2, 0) is 26.2 Å². The fourth-order valence-corrected chi connectivity index (χ4v) is 5.21. The van der Waals surface area contributed by atoms with Crippen molar-refractivity contribution in [2.75, 3.05) is 19.6 Å². The molecular formula is C16H20N2O6S.